The van der Waals surface area contributed by atoms with Crippen LogP contribution in [0.1, 0.15) is 29.6 Å². The average molecular weight is 548 g/mol. The molecule has 1 aromatic carbocycles. The molecule has 208 valence electrons. The molecule has 0 aliphatic carbocycles. The summed E-state index contributed by atoms with van der Waals surface area (Å²) in [7, 11) is 0. The van der Waals surface area contributed by atoms with Gasteiger partial charge >= 0.3 is 6.18 Å². The van der Waals surface area contributed by atoms with Gasteiger partial charge in [0.1, 0.15) is 31.7 Å². The summed E-state index contributed by atoms with van der Waals surface area (Å²) in [6.07, 6.45) is -2.69. The fourth-order valence-electron chi connectivity index (χ4n) is 4.72. The van der Waals surface area contributed by atoms with Crippen LogP contribution in [0.25, 0.3) is 11.5 Å². The van der Waals surface area contributed by atoms with E-state index in [1.165, 1.54) is 19.3 Å². The van der Waals surface area contributed by atoms with E-state index in [2.05, 4.69) is 20.7 Å². The number of nitrogens with one attached hydrogen (secondary N) is 2. The fourth-order valence-corrected chi connectivity index (χ4v) is 4.72. The molecule has 5 rings (SSSR count). The molecule has 1 amide bonds. The first-order valence-electron chi connectivity index (χ1n) is 12.6. The maximum atomic E-state index is 13.7. The Morgan fingerprint density at radius 2 is 1.97 bits per heavy atom. The monoisotopic (exact) mass is 547 g/mol. The number of ether oxygens (including phenoxy) is 2. The number of hydrogen-bond acceptors (Lipinski definition) is 8. The third kappa shape index (κ3) is 5.28. The summed E-state index contributed by atoms with van der Waals surface area (Å²) in [5.74, 6) is 0.0482. The first-order chi connectivity index (χ1) is 18.7. The molecular formula is C25H28F3N7O4. The van der Waals surface area contributed by atoms with Gasteiger partial charge in [0.25, 0.3) is 5.56 Å². The van der Waals surface area contributed by atoms with Crippen molar-refractivity contribution in [2.45, 2.75) is 33.0 Å². The molecule has 3 aromatic rings. The zero-order valence-electron chi connectivity index (χ0n) is 21.5. The molecule has 2 aromatic heterocycles. The highest BCUT2D eigenvalue weighted by molar-refractivity contribution is 5.91. The number of aromatic nitrogens is 4. The van der Waals surface area contributed by atoms with E-state index in [1.54, 1.807) is 4.57 Å². The number of aryl methyl sites for hydroxylation is 1. The number of amides is 1. The van der Waals surface area contributed by atoms with Crippen LogP contribution >= 0.6 is 0 Å². The van der Waals surface area contributed by atoms with Gasteiger partial charge in [-0.2, -0.15) is 22.7 Å². The number of carbonyl (C=O) groups is 1. The molecule has 1 saturated heterocycles. The van der Waals surface area contributed by atoms with Gasteiger partial charge in [0, 0.05) is 31.9 Å². The summed E-state index contributed by atoms with van der Waals surface area (Å²) < 4.78 is 52.9. The van der Waals surface area contributed by atoms with Crippen LogP contribution in [-0.4, -0.2) is 64.5 Å². The van der Waals surface area contributed by atoms with Gasteiger partial charge in [-0.05, 0) is 37.1 Å². The third-order valence-corrected chi connectivity index (χ3v) is 6.59. The van der Waals surface area contributed by atoms with Crippen LogP contribution < -0.4 is 21.1 Å². The van der Waals surface area contributed by atoms with E-state index in [4.69, 9.17) is 9.47 Å². The molecule has 2 aliphatic heterocycles. The van der Waals surface area contributed by atoms with Crippen LogP contribution in [0.3, 0.4) is 0 Å². The molecule has 0 spiro atoms. The van der Waals surface area contributed by atoms with Crippen molar-refractivity contribution in [3.63, 3.8) is 0 Å². The van der Waals surface area contributed by atoms with Gasteiger partial charge in [0.05, 0.1) is 11.3 Å². The van der Waals surface area contributed by atoms with Crippen molar-refractivity contribution >= 4 is 28.8 Å². The predicted octanol–water partition coefficient (Wildman–Crippen LogP) is 2.17. The van der Waals surface area contributed by atoms with E-state index < -0.39 is 17.6 Å². The molecule has 2 N–H and O–H groups in total. The average Bonchev–Trinajstić information content (AvgIpc) is 3.38. The number of benzene rings is 1. The van der Waals surface area contributed by atoms with E-state index in [-0.39, 0.29) is 40.7 Å². The number of hydrogen-bond donors (Lipinski definition) is 2. The van der Waals surface area contributed by atoms with Crippen molar-refractivity contribution in [2.24, 2.45) is 0 Å². The van der Waals surface area contributed by atoms with Crippen LogP contribution in [-0.2, 0) is 33.4 Å². The zero-order valence-corrected chi connectivity index (χ0v) is 21.5. The van der Waals surface area contributed by atoms with Crippen LogP contribution in [0.2, 0.25) is 0 Å². The van der Waals surface area contributed by atoms with E-state index in [9.17, 15) is 22.8 Å². The van der Waals surface area contributed by atoms with Crippen molar-refractivity contribution in [3.05, 3.63) is 57.5 Å². The van der Waals surface area contributed by atoms with E-state index >= 15 is 0 Å². The smallest absolute Gasteiger partial charge is 0.416 e. The van der Waals surface area contributed by atoms with Crippen LogP contribution in [0.15, 0.2) is 29.3 Å². The SMILES string of the molecule is CCc1c(N2CCNCC2)c(=O)n2nc(C3=COCCO3)nc2n1CC(=O)Nc1ccc(C(F)(F)F)cc1C. The Bertz CT molecular complexity index is 1490. The lowest BCUT2D eigenvalue weighted by atomic mass is 10.1. The number of halogens is 3. The molecule has 0 bridgehead atoms. The summed E-state index contributed by atoms with van der Waals surface area (Å²) in [6.45, 7) is 6.36. The van der Waals surface area contributed by atoms with Gasteiger partial charge in [-0.25, -0.2) is 0 Å². The van der Waals surface area contributed by atoms with Gasteiger partial charge in [0.2, 0.25) is 23.3 Å². The maximum Gasteiger partial charge on any atom is 0.416 e. The van der Waals surface area contributed by atoms with Crippen molar-refractivity contribution in [3.8, 4) is 0 Å². The van der Waals surface area contributed by atoms with Crippen LogP contribution in [0, 0.1) is 6.92 Å². The molecule has 0 unspecified atom stereocenters. The molecule has 14 heteroatoms. The molecule has 0 saturated carbocycles. The lowest BCUT2D eigenvalue weighted by Gasteiger charge is -2.31. The largest absolute Gasteiger partial charge is 0.494 e. The quantitative estimate of drug-likeness (QED) is 0.483. The van der Waals surface area contributed by atoms with Gasteiger partial charge in [0.15, 0.2) is 0 Å². The summed E-state index contributed by atoms with van der Waals surface area (Å²) >= 11 is 0. The Morgan fingerprint density at radius 3 is 2.62 bits per heavy atom. The number of alkyl halides is 3. The van der Waals surface area contributed by atoms with Crippen molar-refractivity contribution < 1.29 is 27.4 Å². The summed E-state index contributed by atoms with van der Waals surface area (Å²) in [6, 6.07) is 3.13. The Balaban J connectivity index is 1.56. The van der Waals surface area contributed by atoms with Crippen LogP contribution in [0.4, 0.5) is 24.5 Å². The minimum Gasteiger partial charge on any atom is -0.494 e. The summed E-state index contributed by atoms with van der Waals surface area (Å²) in [5, 5.41) is 10.3. The molecule has 11 nitrogen and oxygen atoms in total. The highest BCUT2D eigenvalue weighted by atomic mass is 19.4. The second kappa shape index (κ2) is 10.6. The number of fused-ring (bicyclic) bond motifs is 1. The Kier molecular flexibility index (Phi) is 7.21. The summed E-state index contributed by atoms with van der Waals surface area (Å²) in [5.41, 5.74) is 0.388. The third-order valence-electron chi connectivity index (χ3n) is 6.59. The second-order valence-electron chi connectivity index (χ2n) is 9.20. The Morgan fingerprint density at radius 1 is 1.21 bits per heavy atom. The molecule has 39 heavy (non-hydrogen) atoms. The number of piperazine rings is 1. The minimum atomic E-state index is -4.49. The highest BCUT2D eigenvalue weighted by Gasteiger charge is 2.31. The first-order valence-corrected chi connectivity index (χ1v) is 12.6. The van der Waals surface area contributed by atoms with E-state index in [1.807, 2.05) is 11.8 Å². The fraction of sp³-hybridized carbons (Fsp3) is 0.440. The molecule has 1 fully saturated rings. The molecule has 0 atom stereocenters. The normalized spacial score (nSPS) is 16.0. The standard InChI is InChI=1S/C25H28F3N7O4/c1-3-18-21(33-8-6-29-7-9-33)23(37)35-24(31-22(32-35)19-14-38-10-11-39-19)34(18)13-20(36)30-17-5-4-16(12-15(17)2)25(26,27)28/h4-5,12,14,29H,3,6-11,13H2,1-2H3,(H,30,36). The molecule has 2 aliphatic rings. The number of nitrogens with zero attached hydrogens (tertiary/aromatic N) is 5. The predicted molar refractivity (Wildman–Crippen MR) is 136 cm³/mol. The Labute approximate surface area is 221 Å². The number of carbonyl (C=O) groups excluding carboxylic acids is 1. The minimum absolute atomic E-state index is 0.138. The number of rotatable bonds is 6. The van der Waals surface area contributed by atoms with Crippen molar-refractivity contribution in [2.75, 3.05) is 49.6 Å². The molecule has 0 radical (unpaired) electrons. The topological polar surface area (TPSA) is 115 Å². The molecule has 4 heterocycles. The van der Waals surface area contributed by atoms with Gasteiger partial charge in [-0.3, -0.25) is 9.59 Å². The van der Waals surface area contributed by atoms with Crippen LogP contribution in [0.5, 0.6) is 0 Å². The van der Waals surface area contributed by atoms with Crippen molar-refractivity contribution in [1.29, 1.82) is 0 Å². The first kappa shape index (κ1) is 26.5. The zero-order chi connectivity index (χ0) is 27.7. The Hall–Kier alpha value is -4.07. The van der Waals surface area contributed by atoms with Gasteiger partial charge in [-0.15, -0.1) is 5.10 Å². The maximum absolute atomic E-state index is 13.7. The lowest BCUT2D eigenvalue weighted by Crippen LogP contribution is -2.47. The number of anilines is 2. The highest BCUT2D eigenvalue weighted by Crippen LogP contribution is 2.31. The van der Waals surface area contributed by atoms with E-state index in [0.717, 1.165) is 16.6 Å². The van der Waals surface area contributed by atoms with Crippen molar-refractivity contribution in [1.82, 2.24) is 24.5 Å². The molecular weight excluding hydrogens is 519 g/mol. The lowest BCUT2D eigenvalue weighted by molar-refractivity contribution is -0.137. The summed E-state index contributed by atoms with van der Waals surface area (Å²) in [4.78, 5) is 33.4. The van der Waals surface area contributed by atoms with E-state index in [0.29, 0.717) is 57.2 Å². The van der Waals surface area contributed by atoms with Gasteiger partial charge in [-0.1, -0.05) is 6.92 Å². The van der Waals surface area contributed by atoms with Gasteiger partial charge < -0.3 is 29.6 Å². The second-order valence-corrected chi connectivity index (χ2v) is 9.20.